The Hall–Kier alpha value is -2.12. The molecule has 1 aromatic carbocycles. The normalized spacial score (nSPS) is 18.7. The highest BCUT2D eigenvalue weighted by atomic mass is 16.5. The van der Waals surface area contributed by atoms with Crippen LogP contribution in [-0.2, 0) is 16.6 Å². The molecule has 1 aromatic heterocycles. The van der Waals surface area contributed by atoms with Crippen molar-refractivity contribution in [3.63, 3.8) is 0 Å². The van der Waals surface area contributed by atoms with Crippen molar-refractivity contribution < 1.29 is 9.53 Å². The molecule has 1 aliphatic rings. The maximum atomic E-state index is 11.0. The van der Waals surface area contributed by atoms with Crippen molar-refractivity contribution in [3.05, 3.63) is 24.3 Å². The average molecular weight is 317 g/mol. The number of anilines is 1. The number of nitrogens with two attached hydrogens (primary N) is 1. The number of morpholine rings is 1. The van der Waals surface area contributed by atoms with Crippen molar-refractivity contribution in [2.75, 3.05) is 44.7 Å². The SMILES string of the molecule is CN(CC(N)=O)CC1CN(c2nc3ccccc3n2C)CCO1. The second-order valence-corrected chi connectivity index (χ2v) is 6.06. The van der Waals surface area contributed by atoms with Crippen LogP contribution in [0.5, 0.6) is 0 Å². The van der Waals surface area contributed by atoms with Crippen LogP contribution in [0.4, 0.5) is 5.95 Å². The fraction of sp³-hybridized carbons (Fsp3) is 0.500. The molecule has 1 unspecified atom stereocenters. The van der Waals surface area contributed by atoms with Crippen LogP contribution in [0.2, 0.25) is 0 Å². The highest BCUT2D eigenvalue weighted by Gasteiger charge is 2.25. The second kappa shape index (κ2) is 6.55. The molecule has 0 spiro atoms. The van der Waals surface area contributed by atoms with E-state index >= 15 is 0 Å². The molecule has 0 radical (unpaired) electrons. The third-order valence-electron chi connectivity index (χ3n) is 4.13. The van der Waals surface area contributed by atoms with Gasteiger partial charge in [0.1, 0.15) is 0 Å². The van der Waals surface area contributed by atoms with Gasteiger partial charge in [0.05, 0.1) is 30.3 Å². The van der Waals surface area contributed by atoms with E-state index in [2.05, 4.69) is 15.5 Å². The first-order valence-electron chi connectivity index (χ1n) is 7.79. The zero-order valence-electron chi connectivity index (χ0n) is 13.6. The summed E-state index contributed by atoms with van der Waals surface area (Å²) in [5, 5.41) is 0. The summed E-state index contributed by atoms with van der Waals surface area (Å²) in [7, 11) is 3.91. The van der Waals surface area contributed by atoms with Crippen molar-refractivity contribution in [1.29, 1.82) is 0 Å². The summed E-state index contributed by atoms with van der Waals surface area (Å²) in [6.45, 7) is 3.13. The van der Waals surface area contributed by atoms with Gasteiger partial charge in [-0.3, -0.25) is 9.69 Å². The van der Waals surface area contributed by atoms with E-state index in [1.54, 1.807) is 0 Å². The van der Waals surface area contributed by atoms with Crippen molar-refractivity contribution in [3.8, 4) is 0 Å². The minimum Gasteiger partial charge on any atom is -0.373 e. The molecule has 2 aromatic rings. The Morgan fingerprint density at radius 3 is 3.00 bits per heavy atom. The number of nitrogens with zero attached hydrogens (tertiary/aromatic N) is 4. The van der Waals surface area contributed by atoms with Gasteiger partial charge in [-0.05, 0) is 19.2 Å². The molecule has 7 nitrogen and oxygen atoms in total. The summed E-state index contributed by atoms with van der Waals surface area (Å²) >= 11 is 0. The van der Waals surface area contributed by atoms with Crippen LogP contribution in [0.1, 0.15) is 0 Å². The number of ether oxygens (including phenoxy) is 1. The number of amides is 1. The monoisotopic (exact) mass is 317 g/mol. The molecule has 1 atom stereocenters. The van der Waals surface area contributed by atoms with E-state index in [1.807, 2.05) is 37.2 Å². The molecule has 0 saturated carbocycles. The highest BCUT2D eigenvalue weighted by molar-refractivity contribution is 5.78. The maximum absolute atomic E-state index is 11.0. The number of para-hydroxylation sites is 2. The van der Waals surface area contributed by atoms with Gasteiger partial charge in [-0.15, -0.1) is 0 Å². The molecule has 1 saturated heterocycles. The van der Waals surface area contributed by atoms with Gasteiger partial charge in [0.15, 0.2) is 0 Å². The Labute approximate surface area is 135 Å². The summed E-state index contributed by atoms with van der Waals surface area (Å²) < 4.78 is 7.94. The van der Waals surface area contributed by atoms with Crippen molar-refractivity contribution >= 4 is 22.9 Å². The van der Waals surface area contributed by atoms with E-state index in [-0.39, 0.29) is 18.6 Å². The zero-order valence-corrected chi connectivity index (χ0v) is 13.6. The molecular weight excluding hydrogens is 294 g/mol. The van der Waals surface area contributed by atoms with E-state index < -0.39 is 0 Å². The van der Waals surface area contributed by atoms with Crippen LogP contribution in [-0.4, -0.2) is 66.3 Å². The fourth-order valence-corrected chi connectivity index (χ4v) is 3.11. The Morgan fingerprint density at radius 2 is 2.26 bits per heavy atom. The van der Waals surface area contributed by atoms with Crippen LogP contribution in [0.25, 0.3) is 11.0 Å². The third kappa shape index (κ3) is 3.46. The lowest BCUT2D eigenvalue weighted by Crippen LogP contribution is -2.48. The lowest BCUT2D eigenvalue weighted by molar-refractivity contribution is -0.119. The molecule has 2 heterocycles. The molecule has 2 N–H and O–H groups in total. The molecular formula is C16H23N5O2. The number of carbonyl (C=O) groups excluding carboxylic acids is 1. The number of rotatable bonds is 5. The number of fused-ring (bicyclic) bond motifs is 1. The number of benzene rings is 1. The van der Waals surface area contributed by atoms with Gasteiger partial charge in [0.25, 0.3) is 0 Å². The summed E-state index contributed by atoms with van der Waals surface area (Å²) in [4.78, 5) is 19.9. The number of primary amides is 1. The number of carbonyl (C=O) groups is 1. The first-order chi connectivity index (χ1) is 11.0. The van der Waals surface area contributed by atoms with Gasteiger partial charge < -0.3 is 19.9 Å². The molecule has 0 bridgehead atoms. The molecule has 124 valence electrons. The second-order valence-electron chi connectivity index (χ2n) is 6.06. The van der Waals surface area contributed by atoms with Crippen LogP contribution >= 0.6 is 0 Å². The summed E-state index contributed by atoms with van der Waals surface area (Å²) in [5.74, 6) is 0.632. The minimum absolute atomic E-state index is 0.0351. The lowest BCUT2D eigenvalue weighted by atomic mass is 10.2. The van der Waals surface area contributed by atoms with Crippen LogP contribution < -0.4 is 10.6 Å². The average Bonchev–Trinajstić information content (AvgIpc) is 2.84. The van der Waals surface area contributed by atoms with Gasteiger partial charge in [0.2, 0.25) is 11.9 Å². The van der Waals surface area contributed by atoms with E-state index in [9.17, 15) is 4.79 Å². The number of aromatic nitrogens is 2. The highest BCUT2D eigenvalue weighted by Crippen LogP contribution is 2.22. The molecule has 3 rings (SSSR count). The third-order valence-corrected chi connectivity index (χ3v) is 4.13. The summed E-state index contributed by atoms with van der Waals surface area (Å²) in [6, 6.07) is 8.12. The molecule has 1 amide bonds. The summed E-state index contributed by atoms with van der Waals surface area (Å²) in [6.07, 6.45) is 0.0351. The Kier molecular flexibility index (Phi) is 4.49. The molecule has 1 aliphatic heterocycles. The van der Waals surface area contributed by atoms with Crippen LogP contribution in [0, 0.1) is 0 Å². The van der Waals surface area contributed by atoms with E-state index in [1.165, 1.54) is 0 Å². The zero-order chi connectivity index (χ0) is 16.4. The smallest absolute Gasteiger partial charge is 0.231 e. The summed E-state index contributed by atoms with van der Waals surface area (Å²) in [5.41, 5.74) is 7.36. The lowest BCUT2D eigenvalue weighted by Gasteiger charge is -2.35. The molecule has 0 aliphatic carbocycles. The van der Waals surface area contributed by atoms with Crippen molar-refractivity contribution in [1.82, 2.24) is 14.5 Å². The van der Waals surface area contributed by atoms with Gasteiger partial charge in [-0.2, -0.15) is 0 Å². The first-order valence-corrected chi connectivity index (χ1v) is 7.79. The minimum atomic E-state index is -0.324. The largest absolute Gasteiger partial charge is 0.373 e. The topological polar surface area (TPSA) is 76.6 Å². The van der Waals surface area contributed by atoms with Crippen molar-refractivity contribution in [2.45, 2.75) is 6.10 Å². The Morgan fingerprint density at radius 1 is 1.48 bits per heavy atom. The van der Waals surface area contributed by atoms with Crippen molar-refractivity contribution in [2.24, 2.45) is 12.8 Å². The van der Waals surface area contributed by atoms with Gasteiger partial charge in [-0.25, -0.2) is 4.98 Å². The van der Waals surface area contributed by atoms with E-state index in [4.69, 9.17) is 15.5 Å². The van der Waals surface area contributed by atoms with Crippen LogP contribution in [0.3, 0.4) is 0 Å². The Balaban J connectivity index is 1.72. The van der Waals surface area contributed by atoms with E-state index in [0.29, 0.717) is 13.2 Å². The molecule has 1 fully saturated rings. The standard InChI is InChI=1S/C16H23N5O2/c1-19(11-15(17)22)9-12-10-21(7-8-23-12)16-18-13-5-3-4-6-14(13)20(16)2/h3-6,12H,7-11H2,1-2H3,(H2,17,22). The molecule has 7 heteroatoms. The Bertz CT molecular complexity index is 699. The number of aryl methyl sites for hydroxylation is 1. The number of likely N-dealkylation sites (N-methyl/N-ethyl adjacent to an activating group) is 1. The van der Waals surface area contributed by atoms with Gasteiger partial charge >= 0.3 is 0 Å². The number of hydrogen-bond acceptors (Lipinski definition) is 5. The van der Waals surface area contributed by atoms with Gasteiger partial charge in [-0.1, -0.05) is 12.1 Å². The maximum Gasteiger partial charge on any atom is 0.231 e. The van der Waals surface area contributed by atoms with Crippen LogP contribution in [0.15, 0.2) is 24.3 Å². The fourth-order valence-electron chi connectivity index (χ4n) is 3.11. The predicted octanol–water partition coefficient (Wildman–Crippen LogP) is 0.196. The molecule has 23 heavy (non-hydrogen) atoms. The predicted molar refractivity (Wildman–Crippen MR) is 89.4 cm³/mol. The first kappa shape index (κ1) is 15.8. The quantitative estimate of drug-likeness (QED) is 0.852. The number of imidazole rings is 1. The van der Waals surface area contributed by atoms with E-state index in [0.717, 1.165) is 30.1 Å². The van der Waals surface area contributed by atoms with Gasteiger partial charge in [0, 0.05) is 26.7 Å². The number of hydrogen-bond donors (Lipinski definition) is 1.